The number of hydrogen-bond acceptors (Lipinski definition) is 1. The molecule has 0 unspecified atom stereocenters. The zero-order chi connectivity index (χ0) is 9.23. The molecule has 13 heavy (non-hydrogen) atoms. The molecule has 0 bridgehead atoms. The fourth-order valence-electron chi connectivity index (χ4n) is 1.08. The first kappa shape index (κ1) is 15.5. The highest BCUT2D eigenvalue weighted by Gasteiger charge is 1.85. The van der Waals surface area contributed by atoms with Gasteiger partial charge in [-0.2, -0.15) is 0 Å². The molecule has 0 rings (SSSR count). The Labute approximate surface area is 89.6 Å². The Morgan fingerprint density at radius 3 is 2.15 bits per heavy atom. The molecule has 0 amide bonds. The molecule has 0 aromatic heterocycles. The van der Waals surface area contributed by atoms with Crippen LogP contribution in [0.25, 0.3) is 0 Å². The highest BCUT2D eigenvalue weighted by Crippen LogP contribution is 2.00. The first-order valence-electron chi connectivity index (χ1n) is 5.07. The van der Waals surface area contributed by atoms with Gasteiger partial charge in [-0.3, -0.25) is 0 Å². The zero-order valence-electron chi connectivity index (χ0n) is 9.25. The third-order valence-electron chi connectivity index (χ3n) is 1.88. The van der Waals surface area contributed by atoms with Crippen LogP contribution < -0.4 is 0 Å². The topological polar surface area (TPSA) is 3.24 Å². The fourth-order valence-corrected chi connectivity index (χ4v) is 1.08. The van der Waals surface area contributed by atoms with Crippen molar-refractivity contribution in [1.82, 2.24) is 4.90 Å². The van der Waals surface area contributed by atoms with E-state index in [4.69, 9.17) is 0 Å². The average molecular weight is 206 g/mol. The van der Waals surface area contributed by atoms with E-state index in [9.17, 15) is 0 Å². The highest BCUT2D eigenvalue weighted by molar-refractivity contribution is 5.85. The van der Waals surface area contributed by atoms with E-state index in [-0.39, 0.29) is 12.4 Å². The molecule has 0 aromatic carbocycles. The van der Waals surface area contributed by atoms with Crippen LogP contribution >= 0.6 is 12.4 Å². The van der Waals surface area contributed by atoms with E-state index in [2.05, 4.69) is 38.1 Å². The van der Waals surface area contributed by atoms with E-state index in [0.717, 1.165) is 0 Å². The van der Waals surface area contributed by atoms with Crippen molar-refractivity contribution in [1.29, 1.82) is 0 Å². The first-order valence-corrected chi connectivity index (χ1v) is 5.07. The Balaban J connectivity index is 0. The molecule has 80 valence electrons. The van der Waals surface area contributed by atoms with Gasteiger partial charge in [-0.15, -0.1) is 12.4 Å². The molecule has 0 fully saturated rings. The summed E-state index contributed by atoms with van der Waals surface area (Å²) in [5, 5.41) is 0. The van der Waals surface area contributed by atoms with E-state index >= 15 is 0 Å². The SMILES string of the molecule is CCCCCC=CCCN(C)C.Cl. The van der Waals surface area contributed by atoms with Crippen molar-refractivity contribution in [3.63, 3.8) is 0 Å². The van der Waals surface area contributed by atoms with Gasteiger partial charge in [0.05, 0.1) is 0 Å². The smallest absolute Gasteiger partial charge is 0.000980 e. The number of allylic oxidation sites excluding steroid dienone is 1. The van der Waals surface area contributed by atoms with Gasteiger partial charge < -0.3 is 4.90 Å². The number of nitrogens with zero attached hydrogens (tertiary/aromatic N) is 1. The van der Waals surface area contributed by atoms with E-state index in [1.165, 1.54) is 38.6 Å². The molecule has 2 heteroatoms. The van der Waals surface area contributed by atoms with Crippen LogP contribution in [0.15, 0.2) is 12.2 Å². The molecule has 0 N–H and O–H groups in total. The van der Waals surface area contributed by atoms with Crippen molar-refractivity contribution in [3.8, 4) is 0 Å². The molecule has 0 saturated heterocycles. The van der Waals surface area contributed by atoms with Crippen LogP contribution in [0.4, 0.5) is 0 Å². The fraction of sp³-hybridized carbons (Fsp3) is 0.818. The molecule has 0 saturated carbocycles. The standard InChI is InChI=1S/C11H23N.ClH/c1-4-5-6-7-8-9-10-11-12(2)3;/h8-9H,4-7,10-11H2,1-3H3;1H. The van der Waals surface area contributed by atoms with Gasteiger partial charge in [-0.25, -0.2) is 0 Å². The second-order valence-electron chi connectivity index (χ2n) is 3.56. The molecular formula is C11H24ClN. The van der Waals surface area contributed by atoms with Gasteiger partial charge >= 0.3 is 0 Å². The van der Waals surface area contributed by atoms with Crippen molar-refractivity contribution in [3.05, 3.63) is 12.2 Å². The van der Waals surface area contributed by atoms with Crippen LogP contribution in [0.5, 0.6) is 0 Å². The molecule has 0 aromatic rings. The summed E-state index contributed by atoms with van der Waals surface area (Å²) in [5.74, 6) is 0. The van der Waals surface area contributed by atoms with E-state index in [1.807, 2.05) is 0 Å². The summed E-state index contributed by atoms with van der Waals surface area (Å²) in [5.41, 5.74) is 0. The van der Waals surface area contributed by atoms with Gasteiger partial charge in [0.1, 0.15) is 0 Å². The van der Waals surface area contributed by atoms with Crippen LogP contribution in [0, 0.1) is 0 Å². The maximum Gasteiger partial charge on any atom is 0.000980 e. The molecule has 0 heterocycles. The summed E-state index contributed by atoms with van der Waals surface area (Å²) >= 11 is 0. The molecule has 0 atom stereocenters. The van der Waals surface area contributed by atoms with Crippen LogP contribution in [-0.4, -0.2) is 25.5 Å². The lowest BCUT2D eigenvalue weighted by Crippen LogP contribution is -2.11. The summed E-state index contributed by atoms with van der Waals surface area (Å²) in [6, 6.07) is 0. The van der Waals surface area contributed by atoms with Crippen molar-refractivity contribution in [2.75, 3.05) is 20.6 Å². The monoisotopic (exact) mass is 205 g/mol. The lowest BCUT2D eigenvalue weighted by atomic mass is 10.2. The normalized spacial score (nSPS) is 10.8. The largest absolute Gasteiger partial charge is 0.309 e. The van der Waals surface area contributed by atoms with E-state index in [0.29, 0.717) is 0 Å². The minimum absolute atomic E-state index is 0. The maximum absolute atomic E-state index is 2.32. The van der Waals surface area contributed by atoms with Crippen molar-refractivity contribution >= 4 is 12.4 Å². The Morgan fingerprint density at radius 1 is 1.00 bits per heavy atom. The lowest BCUT2D eigenvalue weighted by Gasteiger charge is -2.05. The van der Waals surface area contributed by atoms with Gasteiger partial charge in [-0.05, 0) is 33.4 Å². The summed E-state index contributed by atoms with van der Waals surface area (Å²) in [6.07, 6.45) is 11.1. The number of halogens is 1. The van der Waals surface area contributed by atoms with Gasteiger partial charge in [0, 0.05) is 6.54 Å². The zero-order valence-corrected chi connectivity index (χ0v) is 10.1. The van der Waals surface area contributed by atoms with Crippen molar-refractivity contribution in [2.45, 2.75) is 39.0 Å². The van der Waals surface area contributed by atoms with Crippen LogP contribution in [0.3, 0.4) is 0 Å². The molecule has 0 aliphatic rings. The minimum atomic E-state index is 0. The Hall–Kier alpha value is -0.0100. The molecular weight excluding hydrogens is 182 g/mol. The predicted octanol–water partition coefficient (Wildman–Crippen LogP) is 3.50. The predicted molar refractivity (Wildman–Crippen MR) is 63.7 cm³/mol. The van der Waals surface area contributed by atoms with E-state index in [1.54, 1.807) is 0 Å². The number of hydrogen-bond donors (Lipinski definition) is 0. The first-order chi connectivity index (χ1) is 5.77. The average Bonchev–Trinajstić information content (AvgIpc) is 2.02. The van der Waals surface area contributed by atoms with Crippen molar-refractivity contribution < 1.29 is 0 Å². The van der Waals surface area contributed by atoms with Crippen molar-refractivity contribution in [2.24, 2.45) is 0 Å². The molecule has 1 nitrogen and oxygen atoms in total. The van der Waals surface area contributed by atoms with Crippen LogP contribution in [0.2, 0.25) is 0 Å². The van der Waals surface area contributed by atoms with E-state index < -0.39 is 0 Å². The Kier molecular flexibility index (Phi) is 14.3. The number of unbranched alkanes of at least 4 members (excludes halogenated alkanes) is 3. The van der Waals surface area contributed by atoms with Crippen LogP contribution in [-0.2, 0) is 0 Å². The lowest BCUT2D eigenvalue weighted by molar-refractivity contribution is 0.417. The third-order valence-corrected chi connectivity index (χ3v) is 1.88. The second-order valence-corrected chi connectivity index (χ2v) is 3.56. The quantitative estimate of drug-likeness (QED) is 0.454. The van der Waals surface area contributed by atoms with Gasteiger partial charge in [-0.1, -0.05) is 31.9 Å². The summed E-state index contributed by atoms with van der Waals surface area (Å²) < 4.78 is 0. The number of rotatable bonds is 7. The Bertz CT molecular complexity index is 111. The Morgan fingerprint density at radius 2 is 1.62 bits per heavy atom. The molecule has 0 aliphatic carbocycles. The molecule has 0 aliphatic heterocycles. The third kappa shape index (κ3) is 14.8. The summed E-state index contributed by atoms with van der Waals surface area (Å²) in [4.78, 5) is 2.22. The van der Waals surface area contributed by atoms with Gasteiger partial charge in [0.2, 0.25) is 0 Å². The summed E-state index contributed by atoms with van der Waals surface area (Å²) in [7, 11) is 4.23. The second kappa shape index (κ2) is 12.0. The maximum atomic E-state index is 2.32. The minimum Gasteiger partial charge on any atom is -0.309 e. The molecule has 0 spiro atoms. The molecule has 0 radical (unpaired) electrons. The van der Waals surface area contributed by atoms with Gasteiger partial charge in [0.15, 0.2) is 0 Å². The highest BCUT2D eigenvalue weighted by atomic mass is 35.5. The van der Waals surface area contributed by atoms with Gasteiger partial charge in [0.25, 0.3) is 0 Å². The van der Waals surface area contributed by atoms with Crippen LogP contribution in [0.1, 0.15) is 39.0 Å². The summed E-state index contributed by atoms with van der Waals surface area (Å²) in [6.45, 7) is 3.42.